The monoisotopic (exact) mass is 248 g/mol. The molecule has 0 aliphatic rings. The van der Waals surface area contributed by atoms with Gasteiger partial charge in [0.15, 0.2) is 0 Å². The molecule has 1 aromatic carbocycles. The van der Waals surface area contributed by atoms with Crippen molar-refractivity contribution in [1.82, 2.24) is 4.98 Å². The van der Waals surface area contributed by atoms with Crippen LogP contribution in [0.5, 0.6) is 5.75 Å². The standard InChI is InChI=1S/C13H16N2OS/c1-9-5-10(3-4-12(9)16-2)6-13-15-11(7-14)8-17-13/h3-5,8H,6-7,14H2,1-2H3. The molecule has 90 valence electrons. The highest BCUT2D eigenvalue weighted by molar-refractivity contribution is 7.09. The minimum absolute atomic E-state index is 0.512. The van der Waals surface area contributed by atoms with Crippen LogP contribution < -0.4 is 10.5 Å². The van der Waals surface area contributed by atoms with Crippen molar-refractivity contribution in [3.8, 4) is 5.75 Å². The van der Waals surface area contributed by atoms with Crippen molar-refractivity contribution in [2.45, 2.75) is 19.9 Å². The van der Waals surface area contributed by atoms with Gasteiger partial charge in [-0.15, -0.1) is 11.3 Å². The molecule has 17 heavy (non-hydrogen) atoms. The number of ether oxygens (including phenoxy) is 1. The number of aromatic nitrogens is 1. The molecule has 0 atom stereocenters. The van der Waals surface area contributed by atoms with Crippen LogP contribution in [0.2, 0.25) is 0 Å². The van der Waals surface area contributed by atoms with E-state index in [2.05, 4.69) is 24.0 Å². The maximum Gasteiger partial charge on any atom is 0.121 e. The van der Waals surface area contributed by atoms with E-state index in [0.29, 0.717) is 6.54 Å². The Morgan fingerprint density at radius 1 is 1.41 bits per heavy atom. The van der Waals surface area contributed by atoms with Crippen molar-refractivity contribution < 1.29 is 4.74 Å². The van der Waals surface area contributed by atoms with Gasteiger partial charge in [-0.05, 0) is 24.1 Å². The fourth-order valence-corrected chi connectivity index (χ4v) is 2.59. The summed E-state index contributed by atoms with van der Waals surface area (Å²) in [6.45, 7) is 2.56. The topological polar surface area (TPSA) is 48.1 Å². The molecular weight excluding hydrogens is 232 g/mol. The van der Waals surface area contributed by atoms with E-state index in [1.54, 1.807) is 18.4 Å². The van der Waals surface area contributed by atoms with Gasteiger partial charge in [-0.3, -0.25) is 0 Å². The zero-order chi connectivity index (χ0) is 12.3. The van der Waals surface area contributed by atoms with Gasteiger partial charge in [0.25, 0.3) is 0 Å². The molecule has 0 bridgehead atoms. The number of thiazole rings is 1. The minimum atomic E-state index is 0.512. The number of aryl methyl sites for hydroxylation is 1. The Morgan fingerprint density at radius 2 is 2.24 bits per heavy atom. The summed E-state index contributed by atoms with van der Waals surface area (Å²) in [7, 11) is 1.69. The van der Waals surface area contributed by atoms with Gasteiger partial charge in [0, 0.05) is 18.3 Å². The maximum absolute atomic E-state index is 5.55. The minimum Gasteiger partial charge on any atom is -0.496 e. The first kappa shape index (κ1) is 12.1. The number of hydrogen-bond donors (Lipinski definition) is 1. The van der Waals surface area contributed by atoms with E-state index in [-0.39, 0.29) is 0 Å². The van der Waals surface area contributed by atoms with Crippen LogP contribution in [0, 0.1) is 6.92 Å². The smallest absolute Gasteiger partial charge is 0.121 e. The Hall–Kier alpha value is -1.39. The van der Waals surface area contributed by atoms with E-state index in [9.17, 15) is 0 Å². The average molecular weight is 248 g/mol. The van der Waals surface area contributed by atoms with E-state index in [4.69, 9.17) is 10.5 Å². The summed E-state index contributed by atoms with van der Waals surface area (Å²) in [6, 6.07) is 6.22. The highest BCUT2D eigenvalue weighted by Gasteiger charge is 2.04. The SMILES string of the molecule is COc1ccc(Cc2nc(CN)cs2)cc1C. The molecule has 1 aromatic heterocycles. The highest BCUT2D eigenvalue weighted by Crippen LogP contribution is 2.21. The lowest BCUT2D eigenvalue weighted by Crippen LogP contribution is -1.97. The lowest BCUT2D eigenvalue weighted by Gasteiger charge is -2.06. The van der Waals surface area contributed by atoms with E-state index < -0.39 is 0 Å². The fraction of sp³-hybridized carbons (Fsp3) is 0.308. The summed E-state index contributed by atoms with van der Waals surface area (Å²) < 4.78 is 5.24. The Bertz CT molecular complexity index is 508. The third kappa shape index (κ3) is 2.84. The molecule has 0 aliphatic carbocycles. The first-order valence-electron chi connectivity index (χ1n) is 5.50. The van der Waals surface area contributed by atoms with E-state index >= 15 is 0 Å². The van der Waals surface area contributed by atoms with Gasteiger partial charge in [-0.1, -0.05) is 12.1 Å². The first-order chi connectivity index (χ1) is 8.22. The molecule has 0 radical (unpaired) electrons. The largest absolute Gasteiger partial charge is 0.496 e. The maximum atomic E-state index is 5.55. The Morgan fingerprint density at radius 3 is 2.82 bits per heavy atom. The normalized spacial score (nSPS) is 10.5. The zero-order valence-electron chi connectivity index (χ0n) is 10.1. The molecule has 2 rings (SSSR count). The van der Waals surface area contributed by atoms with Crippen molar-refractivity contribution in [1.29, 1.82) is 0 Å². The van der Waals surface area contributed by atoms with E-state index in [1.807, 2.05) is 11.4 Å². The van der Waals surface area contributed by atoms with Gasteiger partial charge in [0.1, 0.15) is 5.75 Å². The summed E-state index contributed by atoms with van der Waals surface area (Å²) in [5, 5.41) is 3.13. The molecule has 0 saturated carbocycles. The van der Waals surface area contributed by atoms with Crippen LogP contribution in [-0.2, 0) is 13.0 Å². The number of nitrogens with two attached hydrogens (primary N) is 1. The Kier molecular flexibility index (Phi) is 3.76. The van der Waals surface area contributed by atoms with Crippen LogP contribution in [0.15, 0.2) is 23.6 Å². The second kappa shape index (κ2) is 5.29. The molecular formula is C13H16N2OS. The van der Waals surface area contributed by atoms with Crippen LogP contribution in [0.4, 0.5) is 0 Å². The van der Waals surface area contributed by atoms with Crippen molar-refractivity contribution in [3.63, 3.8) is 0 Å². The summed E-state index contributed by atoms with van der Waals surface area (Å²) in [4.78, 5) is 4.46. The predicted octanol–water partition coefficient (Wildman–Crippen LogP) is 2.51. The number of nitrogens with zero attached hydrogens (tertiary/aromatic N) is 1. The number of hydrogen-bond acceptors (Lipinski definition) is 4. The third-order valence-corrected chi connectivity index (χ3v) is 3.52. The fourth-order valence-electron chi connectivity index (χ4n) is 1.75. The Balaban J connectivity index is 2.15. The van der Waals surface area contributed by atoms with Gasteiger partial charge in [0.2, 0.25) is 0 Å². The number of benzene rings is 1. The molecule has 0 spiro atoms. The molecule has 0 amide bonds. The van der Waals surface area contributed by atoms with E-state index in [0.717, 1.165) is 28.4 Å². The van der Waals surface area contributed by atoms with Gasteiger partial charge < -0.3 is 10.5 Å². The number of rotatable bonds is 4. The lowest BCUT2D eigenvalue weighted by molar-refractivity contribution is 0.411. The average Bonchev–Trinajstić information content (AvgIpc) is 2.77. The summed E-state index contributed by atoms with van der Waals surface area (Å²) >= 11 is 1.66. The third-order valence-electron chi connectivity index (χ3n) is 2.62. The van der Waals surface area contributed by atoms with Crippen molar-refractivity contribution in [2.24, 2.45) is 5.73 Å². The molecule has 1 heterocycles. The highest BCUT2D eigenvalue weighted by atomic mass is 32.1. The van der Waals surface area contributed by atoms with Crippen molar-refractivity contribution in [3.05, 3.63) is 45.4 Å². The second-order valence-electron chi connectivity index (χ2n) is 3.92. The van der Waals surface area contributed by atoms with Crippen molar-refractivity contribution >= 4 is 11.3 Å². The first-order valence-corrected chi connectivity index (χ1v) is 6.37. The van der Waals surface area contributed by atoms with Gasteiger partial charge in [-0.25, -0.2) is 4.98 Å². The molecule has 0 saturated heterocycles. The molecule has 4 heteroatoms. The van der Waals surface area contributed by atoms with Crippen LogP contribution in [-0.4, -0.2) is 12.1 Å². The van der Waals surface area contributed by atoms with Crippen LogP contribution >= 0.6 is 11.3 Å². The molecule has 2 N–H and O–H groups in total. The molecule has 2 aromatic rings. The van der Waals surface area contributed by atoms with Gasteiger partial charge in [0.05, 0.1) is 17.8 Å². The molecule has 0 unspecified atom stereocenters. The summed E-state index contributed by atoms with van der Waals surface area (Å²) in [6.07, 6.45) is 0.857. The van der Waals surface area contributed by atoms with Crippen molar-refractivity contribution in [2.75, 3.05) is 7.11 Å². The van der Waals surface area contributed by atoms with Crippen LogP contribution in [0.25, 0.3) is 0 Å². The Labute approximate surface area is 105 Å². The molecule has 0 fully saturated rings. The quantitative estimate of drug-likeness (QED) is 0.904. The van der Waals surface area contributed by atoms with Crippen LogP contribution in [0.1, 0.15) is 21.8 Å². The van der Waals surface area contributed by atoms with E-state index in [1.165, 1.54) is 5.56 Å². The van der Waals surface area contributed by atoms with Gasteiger partial charge in [-0.2, -0.15) is 0 Å². The molecule has 0 aliphatic heterocycles. The second-order valence-corrected chi connectivity index (χ2v) is 4.86. The summed E-state index contributed by atoms with van der Waals surface area (Å²) in [5.74, 6) is 0.926. The zero-order valence-corrected chi connectivity index (χ0v) is 10.9. The van der Waals surface area contributed by atoms with Crippen LogP contribution in [0.3, 0.4) is 0 Å². The predicted molar refractivity (Wildman–Crippen MR) is 70.5 cm³/mol. The molecule has 3 nitrogen and oxygen atoms in total. The van der Waals surface area contributed by atoms with Gasteiger partial charge >= 0.3 is 0 Å². The lowest BCUT2D eigenvalue weighted by atomic mass is 10.1. The number of methoxy groups -OCH3 is 1. The summed E-state index contributed by atoms with van der Waals surface area (Å²) in [5.41, 5.74) is 8.92.